The summed E-state index contributed by atoms with van der Waals surface area (Å²) in [6.07, 6.45) is 2.73. The highest BCUT2D eigenvalue weighted by molar-refractivity contribution is 5.97. The van der Waals surface area contributed by atoms with E-state index in [1.807, 2.05) is 31.7 Å². The molecule has 2 unspecified atom stereocenters. The molecule has 0 bridgehead atoms. The second-order valence-corrected chi connectivity index (χ2v) is 4.62. The molecule has 100 valence electrons. The Kier molecular flexibility index (Phi) is 5.66. The molecule has 0 saturated carbocycles. The van der Waals surface area contributed by atoms with Crippen LogP contribution in [-0.2, 0) is 9.53 Å². The minimum atomic E-state index is -0.300. The van der Waals surface area contributed by atoms with Crippen molar-refractivity contribution in [2.24, 2.45) is 0 Å². The molecule has 0 aliphatic carbocycles. The van der Waals surface area contributed by atoms with Crippen LogP contribution in [-0.4, -0.2) is 42.6 Å². The predicted octanol–water partition coefficient (Wildman–Crippen LogP) is 1.03. The lowest BCUT2D eigenvalue weighted by Crippen LogP contribution is -2.43. The van der Waals surface area contributed by atoms with Crippen molar-refractivity contribution in [1.82, 2.24) is 10.2 Å². The molecule has 0 aromatic carbocycles. The van der Waals surface area contributed by atoms with E-state index in [9.17, 15) is 4.79 Å². The Labute approximate surface area is 108 Å². The molecule has 0 radical (unpaired) electrons. The number of nitrogens with one attached hydrogen (secondary N) is 1. The van der Waals surface area contributed by atoms with Gasteiger partial charge in [0.25, 0.3) is 5.91 Å². The van der Waals surface area contributed by atoms with Gasteiger partial charge in [0.1, 0.15) is 11.6 Å². The van der Waals surface area contributed by atoms with Crippen LogP contribution in [0, 0.1) is 11.3 Å². The first-order valence-electron chi connectivity index (χ1n) is 6.36. The molecule has 1 aliphatic rings. The van der Waals surface area contributed by atoms with E-state index in [0.717, 1.165) is 6.42 Å². The summed E-state index contributed by atoms with van der Waals surface area (Å²) in [4.78, 5) is 13.7. The summed E-state index contributed by atoms with van der Waals surface area (Å²) in [6, 6.07) is 1.95. The zero-order chi connectivity index (χ0) is 13.5. The molecular formula is C13H21N3O2. The van der Waals surface area contributed by atoms with Crippen LogP contribution in [0.15, 0.2) is 11.8 Å². The van der Waals surface area contributed by atoms with Gasteiger partial charge in [0.05, 0.1) is 12.2 Å². The average molecular weight is 251 g/mol. The molecule has 1 aliphatic heterocycles. The molecule has 1 rings (SSSR count). The van der Waals surface area contributed by atoms with Crippen LogP contribution in [0.5, 0.6) is 0 Å². The van der Waals surface area contributed by atoms with Crippen molar-refractivity contribution < 1.29 is 9.53 Å². The van der Waals surface area contributed by atoms with E-state index in [4.69, 9.17) is 10.00 Å². The van der Waals surface area contributed by atoms with Gasteiger partial charge < -0.3 is 15.0 Å². The van der Waals surface area contributed by atoms with E-state index in [1.54, 1.807) is 6.20 Å². The number of nitrogens with zero attached hydrogens (tertiary/aromatic N) is 2. The van der Waals surface area contributed by atoms with Gasteiger partial charge in [-0.2, -0.15) is 5.26 Å². The van der Waals surface area contributed by atoms with E-state index < -0.39 is 0 Å². The molecular weight excluding hydrogens is 230 g/mol. The molecule has 1 amide bonds. The number of morpholine rings is 1. The third-order valence-corrected chi connectivity index (χ3v) is 2.66. The standard InChI is InChI=1S/C13H21N3O2/c1-4-5-15-13(17)12(6-14)9-16-7-10(2)18-11(3)8-16/h9-11H,4-5,7-8H2,1-3H3,(H,15,17)/b12-9-. The van der Waals surface area contributed by atoms with Crippen LogP contribution in [0.1, 0.15) is 27.2 Å². The summed E-state index contributed by atoms with van der Waals surface area (Å²) in [5.41, 5.74) is 0.157. The number of carbonyl (C=O) groups excluding carboxylic acids is 1. The lowest BCUT2D eigenvalue weighted by atomic mass is 10.2. The van der Waals surface area contributed by atoms with Crippen molar-refractivity contribution in [1.29, 1.82) is 5.26 Å². The summed E-state index contributed by atoms with van der Waals surface area (Å²) in [7, 11) is 0. The minimum absolute atomic E-state index is 0.114. The van der Waals surface area contributed by atoms with Crippen LogP contribution >= 0.6 is 0 Å². The molecule has 1 fully saturated rings. The highest BCUT2D eigenvalue weighted by Gasteiger charge is 2.21. The van der Waals surface area contributed by atoms with E-state index in [0.29, 0.717) is 19.6 Å². The fraction of sp³-hybridized carbons (Fsp3) is 0.692. The van der Waals surface area contributed by atoms with E-state index in [2.05, 4.69) is 5.32 Å². The normalized spacial score (nSPS) is 24.6. The maximum atomic E-state index is 11.7. The fourth-order valence-corrected chi connectivity index (χ4v) is 1.98. The van der Waals surface area contributed by atoms with Gasteiger partial charge in [-0.05, 0) is 20.3 Å². The number of nitriles is 1. The highest BCUT2D eigenvalue weighted by Crippen LogP contribution is 2.12. The average Bonchev–Trinajstić information content (AvgIpc) is 2.31. The third-order valence-electron chi connectivity index (χ3n) is 2.66. The van der Waals surface area contributed by atoms with Crippen molar-refractivity contribution in [3.8, 4) is 6.07 Å². The van der Waals surface area contributed by atoms with Gasteiger partial charge in [0.2, 0.25) is 0 Å². The molecule has 0 aromatic rings. The largest absolute Gasteiger partial charge is 0.372 e. The van der Waals surface area contributed by atoms with Crippen LogP contribution in [0.4, 0.5) is 0 Å². The smallest absolute Gasteiger partial charge is 0.263 e. The summed E-state index contributed by atoms with van der Waals surface area (Å²) >= 11 is 0. The molecule has 5 heteroatoms. The molecule has 5 nitrogen and oxygen atoms in total. The number of hydrogen-bond donors (Lipinski definition) is 1. The summed E-state index contributed by atoms with van der Waals surface area (Å²) < 4.78 is 5.60. The van der Waals surface area contributed by atoms with Crippen molar-refractivity contribution in [3.05, 3.63) is 11.8 Å². The Morgan fingerprint density at radius 2 is 2.11 bits per heavy atom. The van der Waals surface area contributed by atoms with Crippen molar-refractivity contribution in [2.45, 2.75) is 39.4 Å². The Morgan fingerprint density at radius 3 is 2.61 bits per heavy atom. The predicted molar refractivity (Wildman–Crippen MR) is 68.6 cm³/mol. The van der Waals surface area contributed by atoms with Gasteiger partial charge in [-0.3, -0.25) is 4.79 Å². The van der Waals surface area contributed by atoms with Crippen LogP contribution < -0.4 is 5.32 Å². The first-order valence-corrected chi connectivity index (χ1v) is 6.36. The van der Waals surface area contributed by atoms with Gasteiger partial charge in [-0.15, -0.1) is 0 Å². The Balaban J connectivity index is 2.66. The zero-order valence-electron chi connectivity index (χ0n) is 11.3. The SMILES string of the molecule is CCCNC(=O)/C(C#N)=C\N1CC(C)OC(C)C1. The van der Waals surface area contributed by atoms with E-state index in [-0.39, 0.29) is 23.7 Å². The first-order chi connectivity index (χ1) is 8.56. The Hall–Kier alpha value is -1.54. The number of rotatable bonds is 4. The third kappa shape index (κ3) is 4.38. The number of hydrogen-bond acceptors (Lipinski definition) is 4. The van der Waals surface area contributed by atoms with Gasteiger partial charge in [-0.1, -0.05) is 6.92 Å². The topological polar surface area (TPSA) is 65.4 Å². The molecule has 1 N–H and O–H groups in total. The molecule has 0 aromatic heterocycles. The van der Waals surface area contributed by atoms with Crippen molar-refractivity contribution in [3.63, 3.8) is 0 Å². The maximum Gasteiger partial charge on any atom is 0.263 e. The number of ether oxygens (including phenoxy) is 1. The monoisotopic (exact) mass is 251 g/mol. The van der Waals surface area contributed by atoms with E-state index in [1.165, 1.54) is 0 Å². The zero-order valence-corrected chi connectivity index (χ0v) is 11.3. The molecule has 18 heavy (non-hydrogen) atoms. The van der Waals surface area contributed by atoms with Crippen LogP contribution in [0.25, 0.3) is 0 Å². The molecule has 0 spiro atoms. The van der Waals surface area contributed by atoms with E-state index >= 15 is 0 Å². The van der Waals surface area contributed by atoms with Crippen LogP contribution in [0.2, 0.25) is 0 Å². The lowest BCUT2D eigenvalue weighted by molar-refractivity contribution is -0.117. The number of amides is 1. The van der Waals surface area contributed by atoms with Crippen LogP contribution in [0.3, 0.4) is 0 Å². The van der Waals surface area contributed by atoms with Gasteiger partial charge in [-0.25, -0.2) is 0 Å². The van der Waals surface area contributed by atoms with Crippen molar-refractivity contribution >= 4 is 5.91 Å². The second-order valence-electron chi connectivity index (χ2n) is 4.62. The van der Waals surface area contributed by atoms with Gasteiger partial charge in [0.15, 0.2) is 0 Å². The number of carbonyl (C=O) groups is 1. The Bertz CT molecular complexity index is 350. The fourth-order valence-electron chi connectivity index (χ4n) is 1.98. The minimum Gasteiger partial charge on any atom is -0.372 e. The van der Waals surface area contributed by atoms with Gasteiger partial charge >= 0.3 is 0 Å². The van der Waals surface area contributed by atoms with Gasteiger partial charge in [0, 0.05) is 25.8 Å². The highest BCUT2D eigenvalue weighted by atomic mass is 16.5. The molecule has 1 saturated heterocycles. The lowest BCUT2D eigenvalue weighted by Gasteiger charge is -2.34. The Morgan fingerprint density at radius 1 is 1.50 bits per heavy atom. The molecule has 2 atom stereocenters. The molecule has 1 heterocycles. The van der Waals surface area contributed by atoms with Crippen molar-refractivity contribution in [2.75, 3.05) is 19.6 Å². The summed E-state index contributed by atoms with van der Waals surface area (Å²) in [5.74, 6) is -0.300. The quantitative estimate of drug-likeness (QED) is 0.598. The summed E-state index contributed by atoms with van der Waals surface area (Å²) in [5, 5.41) is 11.7. The maximum absolute atomic E-state index is 11.7. The second kappa shape index (κ2) is 7.02. The summed E-state index contributed by atoms with van der Waals surface area (Å²) in [6.45, 7) is 7.95. The first kappa shape index (κ1) is 14.5.